The summed E-state index contributed by atoms with van der Waals surface area (Å²) >= 11 is 0. The van der Waals surface area contributed by atoms with Gasteiger partial charge in [0.15, 0.2) is 5.65 Å². The van der Waals surface area contributed by atoms with E-state index in [2.05, 4.69) is 27.4 Å². The van der Waals surface area contributed by atoms with Crippen LogP contribution in [0.1, 0.15) is 48.0 Å². The van der Waals surface area contributed by atoms with E-state index < -0.39 is 5.54 Å². The molecular formula is C21H24N4O2. The minimum atomic E-state index is -0.503. The van der Waals surface area contributed by atoms with Gasteiger partial charge in [-0.3, -0.25) is 4.79 Å². The van der Waals surface area contributed by atoms with Crippen LogP contribution in [-0.2, 0) is 6.54 Å². The van der Waals surface area contributed by atoms with Crippen molar-refractivity contribution in [1.82, 2.24) is 19.9 Å². The molecule has 4 rings (SSSR count). The maximum absolute atomic E-state index is 12.7. The topological polar surface area (TPSA) is 80.0 Å². The zero-order valence-electron chi connectivity index (χ0n) is 15.3. The van der Waals surface area contributed by atoms with Crippen molar-refractivity contribution in [3.8, 4) is 0 Å². The molecule has 6 nitrogen and oxygen atoms in total. The molecule has 0 saturated heterocycles. The monoisotopic (exact) mass is 364 g/mol. The van der Waals surface area contributed by atoms with E-state index in [1.807, 2.05) is 22.8 Å². The van der Waals surface area contributed by atoms with Crippen LogP contribution in [0.2, 0.25) is 0 Å². The first-order valence-electron chi connectivity index (χ1n) is 9.47. The predicted molar refractivity (Wildman–Crippen MR) is 103 cm³/mol. The number of aliphatic hydroxyl groups excluding tert-OH is 1. The van der Waals surface area contributed by atoms with Crippen LogP contribution in [0.4, 0.5) is 0 Å². The Balaban J connectivity index is 1.54. The zero-order chi connectivity index (χ0) is 18.7. The van der Waals surface area contributed by atoms with Gasteiger partial charge >= 0.3 is 0 Å². The molecule has 0 atom stereocenters. The van der Waals surface area contributed by atoms with Gasteiger partial charge in [-0.05, 0) is 24.5 Å². The fraction of sp³-hybridized carbons (Fsp3) is 0.381. The van der Waals surface area contributed by atoms with Gasteiger partial charge in [-0.2, -0.15) is 0 Å². The van der Waals surface area contributed by atoms with Gasteiger partial charge in [-0.25, -0.2) is 9.97 Å². The summed E-state index contributed by atoms with van der Waals surface area (Å²) in [6.07, 6.45) is 8.19. The number of carbonyl (C=O) groups excluding carboxylic acids is 1. The first-order chi connectivity index (χ1) is 13.2. The number of carbonyl (C=O) groups is 1. The lowest BCUT2D eigenvalue weighted by Crippen LogP contribution is -2.52. The lowest BCUT2D eigenvalue weighted by atomic mass is 9.82. The van der Waals surface area contributed by atoms with Gasteiger partial charge in [0, 0.05) is 6.20 Å². The Kier molecular flexibility index (Phi) is 4.90. The van der Waals surface area contributed by atoms with Crippen molar-refractivity contribution in [3.63, 3.8) is 0 Å². The van der Waals surface area contributed by atoms with Crippen LogP contribution in [0.25, 0.3) is 11.2 Å². The summed E-state index contributed by atoms with van der Waals surface area (Å²) in [5.41, 5.74) is 2.59. The molecule has 0 radical (unpaired) electrons. The number of fused-ring (bicyclic) bond motifs is 1. The third kappa shape index (κ3) is 3.71. The molecule has 1 amide bonds. The maximum atomic E-state index is 12.7. The Labute approximate surface area is 158 Å². The second-order valence-electron chi connectivity index (χ2n) is 7.38. The van der Waals surface area contributed by atoms with E-state index in [4.69, 9.17) is 0 Å². The minimum Gasteiger partial charge on any atom is -0.394 e. The number of aliphatic hydroxyl groups is 1. The third-order valence-electron chi connectivity index (χ3n) is 5.41. The van der Waals surface area contributed by atoms with E-state index in [-0.39, 0.29) is 12.5 Å². The number of hydrogen-bond donors (Lipinski definition) is 2. The van der Waals surface area contributed by atoms with Crippen LogP contribution in [0.5, 0.6) is 0 Å². The summed E-state index contributed by atoms with van der Waals surface area (Å²) in [6, 6.07) is 11.9. The molecule has 0 aliphatic heterocycles. The highest BCUT2D eigenvalue weighted by Crippen LogP contribution is 2.28. The number of rotatable bonds is 5. The van der Waals surface area contributed by atoms with Crippen LogP contribution in [0, 0.1) is 0 Å². The molecule has 0 unspecified atom stereocenters. The van der Waals surface area contributed by atoms with Gasteiger partial charge in [0.1, 0.15) is 5.52 Å². The van der Waals surface area contributed by atoms with Gasteiger partial charge < -0.3 is 15.0 Å². The molecule has 6 heteroatoms. The highest BCUT2D eigenvalue weighted by Gasteiger charge is 2.33. The first-order valence-corrected chi connectivity index (χ1v) is 9.47. The molecule has 1 aliphatic rings. The van der Waals surface area contributed by atoms with E-state index in [1.165, 1.54) is 5.56 Å². The Morgan fingerprint density at radius 3 is 2.67 bits per heavy atom. The molecule has 2 N–H and O–H groups in total. The van der Waals surface area contributed by atoms with E-state index >= 15 is 0 Å². The van der Waals surface area contributed by atoms with E-state index in [1.54, 1.807) is 18.6 Å². The second-order valence-corrected chi connectivity index (χ2v) is 7.38. The molecule has 2 aromatic heterocycles. The van der Waals surface area contributed by atoms with E-state index in [0.717, 1.165) is 37.8 Å². The SMILES string of the molecule is O=C(NC1(CO)CCCCC1)c1cnc2c(c1)ncn2Cc1ccccc1. The van der Waals surface area contributed by atoms with Crippen LogP contribution < -0.4 is 5.32 Å². The molecule has 1 saturated carbocycles. The average Bonchev–Trinajstić information content (AvgIpc) is 3.11. The van der Waals surface area contributed by atoms with Crippen LogP contribution in [-0.4, -0.2) is 37.7 Å². The van der Waals surface area contributed by atoms with Crippen molar-refractivity contribution in [2.75, 3.05) is 6.61 Å². The number of amides is 1. The smallest absolute Gasteiger partial charge is 0.253 e. The Morgan fingerprint density at radius 2 is 1.93 bits per heavy atom. The minimum absolute atomic E-state index is 0.0277. The summed E-state index contributed by atoms with van der Waals surface area (Å²) in [5, 5.41) is 12.9. The highest BCUT2D eigenvalue weighted by molar-refractivity contribution is 5.96. The van der Waals surface area contributed by atoms with Crippen molar-refractivity contribution >= 4 is 17.1 Å². The molecule has 1 aromatic carbocycles. The molecule has 0 bridgehead atoms. The standard InChI is InChI=1S/C21H24N4O2/c26-14-21(9-5-2-6-10-21)24-20(27)17-11-18-19(22-12-17)25(15-23-18)13-16-7-3-1-4-8-16/h1,3-4,7-8,11-12,15,26H,2,5-6,9-10,13-14H2,(H,24,27). The number of nitrogens with one attached hydrogen (secondary N) is 1. The number of hydrogen-bond acceptors (Lipinski definition) is 4. The zero-order valence-corrected chi connectivity index (χ0v) is 15.3. The van der Waals surface area contributed by atoms with Crippen LogP contribution in [0.3, 0.4) is 0 Å². The normalized spacial score (nSPS) is 16.3. The molecular weight excluding hydrogens is 340 g/mol. The van der Waals surface area contributed by atoms with E-state index in [9.17, 15) is 9.90 Å². The van der Waals surface area contributed by atoms with Crippen molar-refractivity contribution in [2.45, 2.75) is 44.2 Å². The lowest BCUT2D eigenvalue weighted by Gasteiger charge is -2.36. The Hall–Kier alpha value is -2.73. The van der Waals surface area contributed by atoms with Crippen molar-refractivity contribution in [1.29, 1.82) is 0 Å². The third-order valence-corrected chi connectivity index (χ3v) is 5.41. The van der Waals surface area contributed by atoms with Crippen molar-refractivity contribution in [2.24, 2.45) is 0 Å². The highest BCUT2D eigenvalue weighted by atomic mass is 16.3. The summed E-state index contributed by atoms with van der Waals surface area (Å²) in [7, 11) is 0. The molecule has 0 spiro atoms. The van der Waals surface area contributed by atoms with Crippen molar-refractivity contribution < 1.29 is 9.90 Å². The molecule has 1 aliphatic carbocycles. The number of nitrogens with zero attached hydrogens (tertiary/aromatic N) is 3. The number of aromatic nitrogens is 3. The largest absolute Gasteiger partial charge is 0.394 e. The fourth-order valence-electron chi connectivity index (χ4n) is 3.83. The van der Waals surface area contributed by atoms with Gasteiger partial charge in [0.25, 0.3) is 5.91 Å². The Bertz CT molecular complexity index is 930. The summed E-state index contributed by atoms with van der Waals surface area (Å²) in [4.78, 5) is 21.6. The van der Waals surface area contributed by atoms with Crippen LogP contribution in [0.15, 0.2) is 48.9 Å². The summed E-state index contributed by atoms with van der Waals surface area (Å²) in [6.45, 7) is 0.656. The molecule has 140 valence electrons. The van der Waals surface area contributed by atoms with Crippen molar-refractivity contribution in [3.05, 3.63) is 60.0 Å². The quantitative estimate of drug-likeness (QED) is 0.729. The van der Waals surface area contributed by atoms with Crippen LogP contribution >= 0.6 is 0 Å². The molecule has 27 heavy (non-hydrogen) atoms. The first kappa shape index (κ1) is 17.7. The Morgan fingerprint density at radius 1 is 1.15 bits per heavy atom. The van der Waals surface area contributed by atoms with Gasteiger partial charge in [0.05, 0.1) is 30.6 Å². The summed E-state index contributed by atoms with van der Waals surface area (Å²) < 4.78 is 1.97. The molecule has 2 heterocycles. The van der Waals surface area contributed by atoms with Gasteiger partial charge in [-0.15, -0.1) is 0 Å². The average molecular weight is 364 g/mol. The summed E-state index contributed by atoms with van der Waals surface area (Å²) in [5.74, 6) is -0.196. The lowest BCUT2D eigenvalue weighted by molar-refractivity contribution is 0.0758. The molecule has 1 fully saturated rings. The van der Waals surface area contributed by atoms with Gasteiger partial charge in [-0.1, -0.05) is 49.6 Å². The molecule has 3 aromatic rings. The van der Waals surface area contributed by atoms with E-state index in [0.29, 0.717) is 17.6 Å². The number of imidazole rings is 1. The number of pyridine rings is 1. The second kappa shape index (κ2) is 7.48. The predicted octanol–water partition coefficient (Wildman–Crippen LogP) is 2.90. The fourth-order valence-corrected chi connectivity index (χ4v) is 3.83. The maximum Gasteiger partial charge on any atom is 0.253 e. The number of benzene rings is 1. The van der Waals surface area contributed by atoms with Gasteiger partial charge in [0.2, 0.25) is 0 Å².